The standard InChI is InChI=1S/C16H17ClN6O3/c17-12-10-1-2-18-13(10)19-9-11(12)14-20-15(26-21-14)16(25)23-5-3-22(4-6-23)7-8-24/h1-2,9,24H,3-8H2,(H,18,19). The number of carbonyl (C=O) groups is 1. The van der Waals surface area contributed by atoms with Crippen molar-refractivity contribution >= 4 is 28.5 Å². The van der Waals surface area contributed by atoms with Gasteiger partial charge in [-0.05, 0) is 6.07 Å². The predicted molar refractivity (Wildman–Crippen MR) is 93.8 cm³/mol. The average Bonchev–Trinajstić information content (AvgIpc) is 3.32. The van der Waals surface area contributed by atoms with E-state index >= 15 is 0 Å². The number of amides is 1. The molecule has 10 heteroatoms. The van der Waals surface area contributed by atoms with Gasteiger partial charge < -0.3 is 19.5 Å². The van der Waals surface area contributed by atoms with Gasteiger partial charge in [0.25, 0.3) is 0 Å². The van der Waals surface area contributed by atoms with Crippen molar-refractivity contribution in [3.8, 4) is 11.4 Å². The molecule has 2 N–H and O–H groups in total. The van der Waals surface area contributed by atoms with Gasteiger partial charge in [-0.15, -0.1) is 0 Å². The molecule has 0 bridgehead atoms. The minimum atomic E-state index is -0.306. The lowest BCUT2D eigenvalue weighted by molar-refractivity contribution is 0.0569. The highest BCUT2D eigenvalue weighted by molar-refractivity contribution is 6.37. The molecule has 1 aliphatic rings. The number of fused-ring (bicyclic) bond motifs is 1. The first-order valence-corrected chi connectivity index (χ1v) is 8.63. The van der Waals surface area contributed by atoms with E-state index in [1.165, 1.54) is 0 Å². The number of aliphatic hydroxyl groups is 1. The third-order valence-corrected chi connectivity index (χ3v) is 4.85. The van der Waals surface area contributed by atoms with Gasteiger partial charge in [-0.3, -0.25) is 9.69 Å². The van der Waals surface area contributed by atoms with E-state index in [0.29, 0.717) is 49.0 Å². The van der Waals surface area contributed by atoms with Crippen LogP contribution in [0.3, 0.4) is 0 Å². The number of piperazine rings is 1. The number of H-pyrrole nitrogens is 1. The lowest BCUT2D eigenvalue weighted by Gasteiger charge is -2.33. The van der Waals surface area contributed by atoms with Gasteiger partial charge in [0.2, 0.25) is 5.82 Å². The monoisotopic (exact) mass is 376 g/mol. The number of aliphatic hydroxyl groups excluding tert-OH is 1. The first-order chi connectivity index (χ1) is 12.7. The van der Waals surface area contributed by atoms with E-state index in [9.17, 15) is 4.79 Å². The Labute approximate surface area is 153 Å². The maximum atomic E-state index is 12.6. The second-order valence-corrected chi connectivity index (χ2v) is 6.38. The second kappa shape index (κ2) is 7.02. The first-order valence-electron chi connectivity index (χ1n) is 8.25. The summed E-state index contributed by atoms with van der Waals surface area (Å²) in [6, 6.07) is 1.81. The van der Waals surface area contributed by atoms with E-state index in [0.717, 1.165) is 5.39 Å². The highest BCUT2D eigenvalue weighted by atomic mass is 35.5. The quantitative estimate of drug-likeness (QED) is 0.699. The number of carbonyl (C=O) groups excluding carboxylic acids is 1. The minimum absolute atomic E-state index is 0.0687. The molecule has 0 atom stereocenters. The molecule has 0 spiro atoms. The number of hydrogen-bond donors (Lipinski definition) is 2. The summed E-state index contributed by atoms with van der Waals surface area (Å²) in [6.45, 7) is 3.23. The Morgan fingerprint density at radius 3 is 2.92 bits per heavy atom. The van der Waals surface area contributed by atoms with E-state index in [1.54, 1.807) is 17.3 Å². The molecule has 26 heavy (non-hydrogen) atoms. The van der Waals surface area contributed by atoms with Crippen LogP contribution in [0.1, 0.15) is 10.7 Å². The summed E-state index contributed by atoms with van der Waals surface area (Å²) >= 11 is 6.40. The van der Waals surface area contributed by atoms with Gasteiger partial charge in [0.05, 0.1) is 17.2 Å². The number of nitrogens with zero attached hydrogens (tertiary/aromatic N) is 5. The van der Waals surface area contributed by atoms with Crippen molar-refractivity contribution in [3.05, 3.63) is 29.4 Å². The molecule has 4 rings (SSSR count). The highest BCUT2D eigenvalue weighted by Gasteiger charge is 2.27. The Bertz CT molecular complexity index is 931. The van der Waals surface area contributed by atoms with E-state index in [4.69, 9.17) is 21.2 Å². The number of nitrogens with one attached hydrogen (secondary N) is 1. The lowest BCUT2D eigenvalue weighted by atomic mass is 10.2. The summed E-state index contributed by atoms with van der Waals surface area (Å²) in [5, 5.41) is 14.1. The van der Waals surface area contributed by atoms with E-state index in [-0.39, 0.29) is 24.2 Å². The number of aromatic nitrogens is 4. The molecule has 1 amide bonds. The maximum Gasteiger partial charge on any atom is 0.316 e. The summed E-state index contributed by atoms with van der Waals surface area (Å²) < 4.78 is 5.16. The predicted octanol–water partition coefficient (Wildman–Crippen LogP) is 1.02. The molecule has 1 aliphatic heterocycles. The zero-order chi connectivity index (χ0) is 18.1. The lowest BCUT2D eigenvalue weighted by Crippen LogP contribution is -2.49. The molecule has 0 saturated carbocycles. The van der Waals surface area contributed by atoms with Gasteiger partial charge in [0, 0.05) is 50.5 Å². The minimum Gasteiger partial charge on any atom is -0.395 e. The number of β-amino-alcohol motifs (C(OH)–C–C–N with tert-alkyl or cyclic N) is 1. The first kappa shape index (κ1) is 17.0. The Hall–Kier alpha value is -2.49. The van der Waals surface area contributed by atoms with Crippen LogP contribution in [0, 0.1) is 0 Å². The van der Waals surface area contributed by atoms with Crippen molar-refractivity contribution in [1.82, 2.24) is 29.9 Å². The van der Waals surface area contributed by atoms with Crippen molar-refractivity contribution in [2.24, 2.45) is 0 Å². The van der Waals surface area contributed by atoms with Crippen LogP contribution in [0.2, 0.25) is 5.02 Å². The van der Waals surface area contributed by atoms with Gasteiger partial charge in [0.15, 0.2) is 0 Å². The summed E-state index contributed by atoms with van der Waals surface area (Å²) in [5.41, 5.74) is 1.17. The van der Waals surface area contributed by atoms with Gasteiger partial charge in [-0.2, -0.15) is 4.98 Å². The molecule has 4 heterocycles. The number of pyridine rings is 1. The normalized spacial score (nSPS) is 15.7. The number of aromatic amines is 1. The van der Waals surface area contributed by atoms with Crippen LogP contribution in [0.25, 0.3) is 22.4 Å². The maximum absolute atomic E-state index is 12.6. The molecule has 0 aliphatic carbocycles. The molecule has 0 unspecified atom stereocenters. The summed E-state index contributed by atoms with van der Waals surface area (Å²) in [5.74, 6) is -0.145. The van der Waals surface area contributed by atoms with Crippen LogP contribution in [0.4, 0.5) is 0 Å². The summed E-state index contributed by atoms with van der Waals surface area (Å²) in [6.07, 6.45) is 3.29. The Balaban J connectivity index is 1.52. The zero-order valence-electron chi connectivity index (χ0n) is 13.9. The molecule has 9 nitrogen and oxygen atoms in total. The smallest absolute Gasteiger partial charge is 0.316 e. The second-order valence-electron chi connectivity index (χ2n) is 6.01. The van der Waals surface area contributed by atoms with Crippen LogP contribution in [-0.2, 0) is 0 Å². The van der Waals surface area contributed by atoms with E-state index in [1.807, 2.05) is 6.07 Å². The van der Waals surface area contributed by atoms with Crippen molar-refractivity contribution in [2.75, 3.05) is 39.3 Å². The fourth-order valence-electron chi connectivity index (χ4n) is 3.00. The molecular weight excluding hydrogens is 360 g/mol. The molecule has 3 aromatic rings. The van der Waals surface area contributed by atoms with Gasteiger partial charge >= 0.3 is 11.8 Å². The molecule has 136 valence electrons. The zero-order valence-corrected chi connectivity index (χ0v) is 14.6. The van der Waals surface area contributed by atoms with E-state index in [2.05, 4.69) is 25.0 Å². The third-order valence-electron chi connectivity index (χ3n) is 4.45. The molecule has 0 radical (unpaired) electrons. The van der Waals surface area contributed by atoms with Crippen molar-refractivity contribution in [3.63, 3.8) is 0 Å². The summed E-state index contributed by atoms with van der Waals surface area (Å²) in [7, 11) is 0. The molecular formula is C16H17ClN6O3. The third kappa shape index (κ3) is 3.05. The molecule has 3 aromatic heterocycles. The van der Waals surface area contributed by atoms with Crippen molar-refractivity contribution in [1.29, 1.82) is 0 Å². The number of halogens is 1. The van der Waals surface area contributed by atoms with Gasteiger partial charge in [-0.25, -0.2) is 4.98 Å². The average molecular weight is 377 g/mol. The van der Waals surface area contributed by atoms with Gasteiger partial charge in [0.1, 0.15) is 5.65 Å². The van der Waals surface area contributed by atoms with Crippen LogP contribution >= 0.6 is 11.6 Å². The van der Waals surface area contributed by atoms with Crippen LogP contribution in [0.15, 0.2) is 23.0 Å². The van der Waals surface area contributed by atoms with Crippen molar-refractivity contribution < 1.29 is 14.4 Å². The van der Waals surface area contributed by atoms with E-state index < -0.39 is 0 Å². The molecule has 1 saturated heterocycles. The van der Waals surface area contributed by atoms with Crippen LogP contribution in [0.5, 0.6) is 0 Å². The fraction of sp³-hybridized carbons (Fsp3) is 0.375. The summed E-state index contributed by atoms with van der Waals surface area (Å²) in [4.78, 5) is 27.8. The Morgan fingerprint density at radius 1 is 1.35 bits per heavy atom. The Kier molecular flexibility index (Phi) is 4.58. The fourth-order valence-corrected chi connectivity index (χ4v) is 3.29. The van der Waals surface area contributed by atoms with Gasteiger partial charge in [-0.1, -0.05) is 16.8 Å². The highest BCUT2D eigenvalue weighted by Crippen LogP contribution is 2.31. The molecule has 1 fully saturated rings. The topological polar surface area (TPSA) is 111 Å². The van der Waals surface area contributed by atoms with Crippen molar-refractivity contribution in [2.45, 2.75) is 0 Å². The Morgan fingerprint density at radius 2 is 2.15 bits per heavy atom. The number of hydrogen-bond acceptors (Lipinski definition) is 7. The number of rotatable bonds is 4. The molecule has 0 aromatic carbocycles. The SMILES string of the molecule is O=C(c1nc(-c2cnc3[nH]ccc3c2Cl)no1)N1CCN(CCO)CC1. The largest absolute Gasteiger partial charge is 0.395 e. The van der Waals surface area contributed by atoms with Crippen LogP contribution < -0.4 is 0 Å². The van der Waals surface area contributed by atoms with Crippen LogP contribution in [-0.4, -0.2) is 80.3 Å².